The Morgan fingerprint density at radius 2 is 1.85 bits per heavy atom. The molecule has 3 saturated heterocycles. The van der Waals surface area contributed by atoms with Crippen molar-refractivity contribution in [2.75, 3.05) is 26.2 Å². The zero-order valence-corrected chi connectivity index (χ0v) is 15.6. The van der Waals surface area contributed by atoms with E-state index in [-0.39, 0.29) is 12.1 Å². The van der Waals surface area contributed by atoms with Gasteiger partial charge < -0.3 is 10.1 Å². The van der Waals surface area contributed by atoms with Crippen molar-refractivity contribution >= 4 is 0 Å². The van der Waals surface area contributed by atoms with Crippen LogP contribution in [0.2, 0.25) is 0 Å². The van der Waals surface area contributed by atoms with Crippen molar-refractivity contribution in [2.24, 2.45) is 23.7 Å². The number of nitrogens with one attached hydrogen (secondary N) is 4. The first kappa shape index (κ1) is 19.0. The Hall–Kier alpha value is -0.340. The number of hydrazine groups is 1. The van der Waals surface area contributed by atoms with Crippen LogP contribution in [0.3, 0.4) is 0 Å². The predicted octanol–water partition coefficient (Wildman–Crippen LogP) is 1.85. The third-order valence-electron chi connectivity index (χ3n) is 7.15. The first-order valence-electron chi connectivity index (χ1n) is 10.6. The molecule has 4 rings (SSSR count). The molecule has 0 aromatic rings. The van der Waals surface area contributed by atoms with Crippen molar-refractivity contribution < 1.29 is 13.5 Å². The lowest BCUT2D eigenvalue weighted by molar-refractivity contribution is 0.00291. The van der Waals surface area contributed by atoms with E-state index in [2.05, 4.69) is 21.5 Å². The molecule has 1 aliphatic carbocycles. The van der Waals surface area contributed by atoms with Crippen LogP contribution in [0.25, 0.3) is 0 Å². The second-order valence-electron chi connectivity index (χ2n) is 8.67. The van der Waals surface area contributed by atoms with Gasteiger partial charge in [0, 0.05) is 37.6 Å². The largest absolute Gasteiger partial charge is 0.377 e. The summed E-state index contributed by atoms with van der Waals surface area (Å²) in [6.07, 6.45) is 5.13. The maximum Gasteiger partial charge on any atom is 0.241 e. The highest BCUT2D eigenvalue weighted by Crippen LogP contribution is 2.39. The van der Waals surface area contributed by atoms with Gasteiger partial charge in [0.2, 0.25) is 6.43 Å². The Kier molecular flexibility index (Phi) is 6.41. The summed E-state index contributed by atoms with van der Waals surface area (Å²) in [6.45, 7) is 3.86. The van der Waals surface area contributed by atoms with Crippen molar-refractivity contribution in [3.63, 3.8) is 0 Å². The fourth-order valence-corrected chi connectivity index (χ4v) is 5.60. The molecule has 0 spiro atoms. The van der Waals surface area contributed by atoms with Crippen LogP contribution < -0.4 is 21.5 Å². The maximum atomic E-state index is 13.0. The summed E-state index contributed by atoms with van der Waals surface area (Å²) in [4.78, 5) is 0. The number of alkyl halides is 2. The second kappa shape index (κ2) is 8.78. The van der Waals surface area contributed by atoms with Crippen LogP contribution in [-0.2, 0) is 4.74 Å². The molecule has 0 aromatic heterocycles. The summed E-state index contributed by atoms with van der Waals surface area (Å²) in [5.74, 6) is 1.27. The smallest absolute Gasteiger partial charge is 0.241 e. The topological polar surface area (TPSA) is 57.3 Å². The van der Waals surface area contributed by atoms with Gasteiger partial charge in [-0.3, -0.25) is 10.7 Å². The normalized spacial score (nSPS) is 44.2. The van der Waals surface area contributed by atoms with Crippen molar-refractivity contribution in [3.05, 3.63) is 0 Å². The van der Waals surface area contributed by atoms with Gasteiger partial charge in [0.15, 0.2) is 0 Å². The van der Waals surface area contributed by atoms with Crippen LogP contribution in [0.15, 0.2) is 0 Å². The van der Waals surface area contributed by atoms with E-state index in [1.807, 2.05) is 0 Å². The van der Waals surface area contributed by atoms with Crippen LogP contribution in [0, 0.1) is 23.7 Å². The summed E-state index contributed by atoms with van der Waals surface area (Å²) in [6, 6.07) is 0.404. The Morgan fingerprint density at radius 1 is 1.00 bits per heavy atom. The SMILES string of the molecule is FC(F)C1CCC(C2NNC(NC[C@H]3CCCO3)C3CNCCC32)CC1. The fraction of sp³-hybridized carbons (Fsp3) is 1.00. The van der Waals surface area contributed by atoms with E-state index >= 15 is 0 Å². The number of ether oxygens (including phenoxy) is 1. The molecule has 3 aliphatic heterocycles. The number of fused-ring (bicyclic) bond motifs is 1. The van der Waals surface area contributed by atoms with Gasteiger partial charge in [-0.05, 0) is 63.3 Å². The zero-order valence-electron chi connectivity index (χ0n) is 15.6. The van der Waals surface area contributed by atoms with Crippen LogP contribution in [0.4, 0.5) is 8.78 Å². The van der Waals surface area contributed by atoms with E-state index in [9.17, 15) is 8.78 Å². The summed E-state index contributed by atoms with van der Waals surface area (Å²) < 4.78 is 31.7. The van der Waals surface area contributed by atoms with Crippen LogP contribution in [0.5, 0.6) is 0 Å². The summed E-state index contributed by atoms with van der Waals surface area (Å²) in [5.41, 5.74) is 7.11. The second-order valence-corrected chi connectivity index (χ2v) is 8.67. The van der Waals surface area contributed by atoms with Crippen molar-refractivity contribution in [2.45, 2.75) is 69.7 Å². The Labute approximate surface area is 155 Å². The molecular formula is C19H34F2N4O. The lowest BCUT2D eigenvalue weighted by Crippen LogP contribution is -2.70. The number of hydrogen-bond donors (Lipinski definition) is 4. The Morgan fingerprint density at radius 3 is 2.58 bits per heavy atom. The van der Waals surface area contributed by atoms with Gasteiger partial charge in [-0.1, -0.05) is 0 Å². The minimum atomic E-state index is -2.15. The third-order valence-corrected chi connectivity index (χ3v) is 7.15. The Balaban J connectivity index is 1.34. The van der Waals surface area contributed by atoms with Gasteiger partial charge in [0.25, 0.3) is 0 Å². The van der Waals surface area contributed by atoms with Gasteiger partial charge in [0.1, 0.15) is 0 Å². The summed E-state index contributed by atoms with van der Waals surface area (Å²) in [7, 11) is 0. The number of piperidine rings is 1. The highest BCUT2D eigenvalue weighted by Gasteiger charge is 2.44. The average Bonchev–Trinajstić information content (AvgIpc) is 3.20. The molecule has 5 nitrogen and oxygen atoms in total. The molecule has 4 N–H and O–H groups in total. The molecule has 7 heteroatoms. The molecule has 4 aliphatic rings. The van der Waals surface area contributed by atoms with Crippen LogP contribution >= 0.6 is 0 Å². The molecular weight excluding hydrogens is 338 g/mol. The minimum absolute atomic E-state index is 0.241. The Bertz CT molecular complexity index is 441. The first-order chi connectivity index (χ1) is 12.7. The molecule has 3 heterocycles. The molecule has 4 fully saturated rings. The minimum Gasteiger partial charge on any atom is -0.377 e. The number of rotatable bonds is 5. The molecule has 0 amide bonds. The molecule has 150 valence electrons. The summed E-state index contributed by atoms with van der Waals surface area (Å²) in [5, 5.41) is 7.22. The standard InChI is InChI=1S/C19H34F2N4O/c20-18(21)13-5-3-12(4-6-13)17-15-7-8-22-11-16(15)19(25-24-17)23-10-14-2-1-9-26-14/h12-19,22-25H,1-11H2/t12?,13?,14-,15?,16?,17?,19?/m1/s1. The van der Waals surface area contributed by atoms with Gasteiger partial charge in [-0.25, -0.2) is 14.2 Å². The summed E-state index contributed by atoms with van der Waals surface area (Å²) >= 11 is 0. The molecule has 5 atom stereocenters. The number of halogens is 2. The highest BCUT2D eigenvalue weighted by atomic mass is 19.3. The van der Waals surface area contributed by atoms with Gasteiger partial charge in [-0.15, -0.1) is 0 Å². The van der Waals surface area contributed by atoms with E-state index in [0.29, 0.717) is 42.7 Å². The molecule has 0 bridgehead atoms. The van der Waals surface area contributed by atoms with Crippen LogP contribution in [0.1, 0.15) is 44.9 Å². The first-order valence-corrected chi connectivity index (χ1v) is 10.6. The van der Waals surface area contributed by atoms with Gasteiger partial charge in [-0.2, -0.15) is 0 Å². The third kappa shape index (κ3) is 4.22. The molecule has 0 radical (unpaired) electrons. The van der Waals surface area contributed by atoms with E-state index in [1.54, 1.807) is 0 Å². The van der Waals surface area contributed by atoms with E-state index in [0.717, 1.165) is 51.9 Å². The average molecular weight is 373 g/mol. The lowest BCUT2D eigenvalue weighted by atomic mass is 9.69. The quantitative estimate of drug-likeness (QED) is 0.594. The molecule has 4 unspecified atom stereocenters. The van der Waals surface area contributed by atoms with Crippen molar-refractivity contribution in [1.82, 2.24) is 21.5 Å². The zero-order chi connectivity index (χ0) is 17.9. The maximum absolute atomic E-state index is 13.0. The van der Waals surface area contributed by atoms with Gasteiger partial charge >= 0.3 is 0 Å². The fourth-order valence-electron chi connectivity index (χ4n) is 5.60. The van der Waals surface area contributed by atoms with Crippen molar-refractivity contribution in [1.29, 1.82) is 0 Å². The van der Waals surface area contributed by atoms with Crippen LogP contribution in [-0.4, -0.2) is 51.0 Å². The van der Waals surface area contributed by atoms with E-state index < -0.39 is 6.43 Å². The van der Waals surface area contributed by atoms with E-state index in [4.69, 9.17) is 4.74 Å². The molecule has 26 heavy (non-hydrogen) atoms. The van der Waals surface area contributed by atoms with Crippen molar-refractivity contribution in [3.8, 4) is 0 Å². The number of hydrogen-bond acceptors (Lipinski definition) is 5. The van der Waals surface area contributed by atoms with Gasteiger partial charge in [0.05, 0.1) is 12.3 Å². The van der Waals surface area contributed by atoms with E-state index in [1.165, 1.54) is 6.42 Å². The lowest BCUT2D eigenvalue weighted by Gasteiger charge is -2.50. The predicted molar refractivity (Wildman–Crippen MR) is 96.7 cm³/mol. The monoisotopic (exact) mass is 372 g/mol. The molecule has 0 aromatic carbocycles. The highest BCUT2D eigenvalue weighted by molar-refractivity contribution is 4.98. The molecule has 1 saturated carbocycles.